The molecule has 2 aromatic carbocycles. The number of amides is 1. The number of carbonyl (C=O) groups excluding carboxylic acids is 1. The van der Waals surface area contributed by atoms with Crippen molar-refractivity contribution in [2.24, 2.45) is 0 Å². The normalized spacial score (nSPS) is 10.9. The van der Waals surface area contributed by atoms with Crippen LogP contribution in [0.1, 0.15) is 12.5 Å². The number of aromatic nitrogens is 3. The number of ether oxygens (including phenoxy) is 1. The molecule has 0 aliphatic rings. The molecule has 7 nitrogen and oxygen atoms in total. The molecule has 0 fully saturated rings. The maximum Gasteiger partial charge on any atom is 0.266 e. The number of nitrogens with zero attached hydrogens (tertiary/aromatic N) is 4. The summed E-state index contributed by atoms with van der Waals surface area (Å²) in [5, 5.41) is 16.2. The van der Waals surface area contributed by atoms with Crippen LogP contribution in [0, 0.1) is 11.3 Å². The van der Waals surface area contributed by atoms with Crippen molar-refractivity contribution >= 4 is 17.7 Å². The zero-order valence-electron chi connectivity index (χ0n) is 14.7. The van der Waals surface area contributed by atoms with E-state index in [1.165, 1.54) is 12.4 Å². The molecule has 0 spiro atoms. The third-order valence-electron chi connectivity index (χ3n) is 3.69. The minimum atomic E-state index is -0.495. The molecule has 0 atom stereocenters. The molecule has 1 amide bonds. The van der Waals surface area contributed by atoms with Gasteiger partial charge in [-0.3, -0.25) is 4.79 Å². The van der Waals surface area contributed by atoms with Gasteiger partial charge < -0.3 is 10.1 Å². The Morgan fingerprint density at radius 1 is 1.26 bits per heavy atom. The number of hydrogen-bond donors (Lipinski definition) is 1. The Bertz CT molecular complexity index is 986. The number of anilines is 1. The van der Waals surface area contributed by atoms with E-state index in [0.717, 1.165) is 11.3 Å². The molecule has 0 radical (unpaired) electrons. The van der Waals surface area contributed by atoms with Gasteiger partial charge in [0.25, 0.3) is 5.91 Å². The van der Waals surface area contributed by atoms with Crippen LogP contribution < -0.4 is 10.1 Å². The first-order valence-corrected chi connectivity index (χ1v) is 8.31. The molecular formula is C20H17N5O2. The van der Waals surface area contributed by atoms with Gasteiger partial charge in [-0.05, 0) is 42.8 Å². The van der Waals surface area contributed by atoms with Gasteiger partial charge in [0.2, 0.25) is 0 Å². The molecule has 0 unspecified atom stereocenters. The molecule has 27 heavy (non-hydrogen) atoms. The van der Waals surface area contributed by atoms with Gasteiger partial charge in [0.15, 0.2) is 0 Å². The molecule has 0 aliphatic carbocycles. The van der Waals surface area contributed by atoms with Gasteiger partial charge in [0.05, 0.1) is 18.0 Å². The van der Waals surface area contributed by atoms with Gasteiger partial charge in [-0.15, -0.1) is 0 Å². The topological polar surface area (TPSA) is 92.8 Å². The highest BCUT2D eigenvalue weighted by molar-refractivity contribution is 6.10. The average molecular weight is 359 g/mol. The van der Waals surface area contributed by atoms with Crippen molar-refractivity contribution in [2.75, 3.05) is 11.9 Å². The minimum Gasteiger partial charge on any atom is -0.492 e. The molecule has 134 valence electrons. The third-order valence-corrected chi connectivity index (χ3v) is 3.69. The summed E-state index contributed by atoms with van der Waals surface area (Å²) in [5.41, 5.74) is 2.07. The van der Waals surface area contributed by atoms with E-state index in [-0.39, 0.29) is 5.57 Å². The van der Waals surface area contributed by atoms with Crippen LogP contribution in [0.4, 0.5) is 5.69 Å². The van der Waals surface area contributed by atoms with Gasteiger partial charge >= 0.3 is 0 Å². The van der Waals surface area contributed by atoms with Crippen molar-refractivity contribution in [1.29, 1.82) is 5.26 Å². The van der Waals surface area contributed by atoms with E-state index in [1.807, 2.05) is 31.2 Å². The highest BCUT2D eigenvalue weighted by Gasteiger charge is 2.12. The van der Waals surface area contributed by atoms with Crippen LogP contribution in [0.15, 0.2) is 66.8 Å². The van der Waals surface area contributed by atoms with Crippen molar-refractivity contribution in [3.63, 3.8) is 0 Å². The molecule has 7 heteroatoms. The summed E-state index contributed by atoms with van der Waals surface area (Å²) in [5.74, 6) is 0.0628. The Balaban J connectivity index is 1.78. The predicted molar refractivity (Wildman–Crippen MR) is 101 cm³/mol. The second kappa shape index (κ2) is 8.45. The van der Waals surface area contributed by atoms with Gasteiger partial charge in [-0.1, -0.05) is 24.3 Å². The molecule has 3 rings (SSSR count). The number of nitriles is 1. The molecular weight excluding hydrogens is 342 g/mol. The Kier molecular flexibility index (Phi) is 5.60. The molecule has 0 saturated carbocycles. The van der Waals surface area contributed by atoms with Gasteiger partial charge in [-0.25, -0.2) is 9.67 Å². The molecule has 0 aliphatic heterocycles. The first-order valence-electron chi connectivity index (χ1n) is 8.31. The lowest BCUT2D eigenvalue weighted by atomic mass is 10.1. The lowest BCUT2D eigenvalue weighted by molar-refractivity contribution is -0.112. The first-order chi connectivity index (χ1) is 13.2. The fraction of sp³-hybridized carbons (Fsp3) is 0.100. The summed E-state index contributed by atoms with van der Waals surface area (Å²) < 4.78 is 7.11. The zero-order chi connectivity index (χ0) is 19.1. The highest BCUT2D eigenvalue weighted by Crippen LogP contribution is 2.24. The SMILES string of the molecule is CCOc1ccccc1NC(=O)/C(C#N)=C\c1ccc(-n2cncn2)cc1. The van der Waals surface area contributed by atoms with Crippen molar-refractivity contribution in [1.82, 2.24) is 14.8 Å². The summed E-state index contributed by atoms with van der Waals surface area (Å²) in [6.45, 7) is 2.34. The molecule has 3 aromatic rings. The van der Waals surface area contributed by atoms with E-state index in [9.17, 15) is 10.1 Å². The van der Waals surface area contributed by atoms with E-state index in [0.29, 0.717) is 18.0 Å². The quantitative estimate of drug-likeness (QED) is 0.539. The van der Waals surface area contributed by atoms with Crippen molar-refractivity contribution in [3.05, 3.63) is 72.3 Å². The smallest absolute Gasteiger partial charge is 0.266 e. The summed E-state index contributed by atoms with van der Waals surface area (Å²) in [6.07, 6.45) is 4.57. The number of nitrogens with one attached hydrogen (secondary N) is 1. The summed E-state index contributed by atoms with van der Waals surface area (Å²) in [4.78, 5) is 16.4. The van der Waals surface area contributed by atoms with E-state index in [4.69, 9.17) is 4.74 Å². The van der Waals surface area contributed by atoms with Crippen LogP contribution in [-0.4, -0.2) is 27.3 Å². The Hall–Kier alpha value is -3.92. The van der Waals surface area contributed by atoms with Gasteiger partial charge in [-0.2, -0.15) is 10.4 Å². The molecule has 0 saturated heterocycles. The first kappa shape index (κ1) is 17.9. The van der Waals surface area contributed by atoms with E-state index in [1.54, 1.807) is 41.3 Å². The van der Waals surface area contributed by atoms with Gasteiger partial charge in [0, 0.05) is 0 Å². The minimum absolute atomic E-state index is 0.00481. The Morgan fingerprint density at radius 3 is 2.70 bits per heavy atom. The van der Waals surface area contributed by atoms with Crippen molar-refractivity contribution < 1.29 is 9.53 Å². The lowest BCUT2D eigenvalue weighted by Gasteiger charge is -2.10. The fourth-order valence-electron chi connectivity index (χ4n) is 2.42. The maximum atomic E-state index is 12.5. The Labute approximate surface area is 156 Å². The van der Waals surface area contributed by atoms with Crippen LogP contribution >= 0.6 is 0 Å². The predicted octanol–water partition coefficient (Wildman–Crippen LogP) is 3.21. The van der Waals surface area contributed by atoms with Crippen LogP contribution in [0.25, 0.3) is 11.8 Å². The van der Waals surface area contributed by atoms with E-state index < -0.39 is 5.91 Å². The monoisotopic (exact) mass is 359 g/mol. The fourth-order valence-corrected chi connectivity index (χ4v) is 2.42. The van der Waals surface area contributed by atoms with Crippen molar-refractivity contribution in [2.45, 2.75) is 6.92 Å². The molecule has 1 N–H and O–H groups in total. The maximum absolute atomic E-state index is 12.5. The number of hydrogen-bond acceptors (Lipinski definition) is 5. The van der Waals surface area contributed by atoms with Crippen LogP contribution in [0.2, 0.25) is 0 Å². The van der Waals surface area contributed by atoms with Crippen LogP contribution in [0.5, 0.6) is 5.75 Å². The summed E-state index contributed by atoms with van der Waals surface area (Å²) in [6, 6.07) is 16.3. The largest absolute Gasteiger partial charge is 0.492 e. The summed E-state index contributed by atoms with van der Waals surface area (Å²) in [7, 11) is 0. The summed E-state index contributed by atoms with van der Waals surface area (Å²) >= 11 is 0. The van der Waals surface area contributed by atoms with Crippen LogP contribution in [-0.2, 0) is 4.79 Å². The standard InChI is InChI=1S/C20H17N5O2/c1-2-27-19-6-4-3-5-18(19)24-20(26)16(12-21)11-15-7-9-17(10-8-15)25-14-22-13-23-25/h3-11,13-14H,2H2,1H3,(H,24,26)/b16-11-. The van der Waals surface area contributed by atoms with Crippen LogP contribution in [0.3, 0.4) is 0 Å². The van der Waals surface area contributed by atoms with Crippen molar-refractivity contribution in [3.8, 4) is 17.5 Å². The van der Waals surface area contributed by atoms with Gasteiger partial charge in [0.1, 0.15) is 30.0 Å². The lowest BCUT2D eigenvalue weighted by Crippen LogP contribution is -2.14. The van der Waals surface area contributed by atoms with E-state index >= 15 is 0 Å². The second-order valence-corrected chi connectivity index (χ2v) is 5.48. The molecule has 0 bridgehead atoms. The number of benzene rings is 2. The third kappa shape index (κ3) is 4.38. The molecule has 1 heterocycles. The molecule has 1 aromatic heterocycles. The number of para-hydroxylation sites is 2. The zero-order valence-corrected chi connectivity index (χ0v) is 14.7. The number of carbonyl (C=O) groups is 1. The number of rotatable bonds is 6. The Morgan fingerprint density at radius 2 is 2.04 bits per heavy atom. The van der Waals surface area contributed by atoms with E-state index in [2.05, 4.69) is 15.4 Å². The highest BCUT2D eigenvalue weighted by atomic mass is 16.5. The second-order valence-electron chi connectivity index (χ2n) is 5.48. The average Bonchev–Trinajstić information content (AvgIpc) is 3.23.